The summed E-state index contributed by atoms with van der Waals surface area (Å²) in [6.07, 6.45) is 5.97. The Hall–Kier alpha value is -1.30. The van der Waals surface area contributed by atoms with Gasteiger partial charge in [-0.3, -0.25) is 9.59 Å². The number of carbonyl (C=O) groups excluding carboxylic acids is 2. The first-order valence-electron chi connectivity index (χ1n) is 9.63. The van der Waals surface area contributed by atoms with Gasteiger partial charge in [0, 0.05) is 23.5 Å². The van der Waals surface area contributed by atoms with Gasteiger partial charge in [-0.1, -0.05) is 24.9 Å². The molecule has 4 N–H and O–H groups in total. The molecule has 2 amide bonds. The maximum Gasteiger partial charge on any atom is 0.253 e. The van der Waals surface area contributed by atoms with Gasteiger partial charge in [0.2, 0.25) is 5.91 Å². The van der Waals surface area contributed by atoms with Crippen LogP contribution in [0, 0.1) is 17.8 Å². The van der Waals surface area contributed by atoms with Crippen molar-refractivity contribution in [3.05, 3.63) is 28.8 Å². The molecule has 2 unspecified atom stereocenters. The van der Waals surface area contributed by atoms with Gasteiger partial charge >= 0.3 is 0 Å². The number of nitrogens with two attached hydrogens (primary N) is 1. The number of hydrogen-bond acceptors (Lipinski definition) is 3. The number of nitrogens with one attached hydrogen (secondary N) is 2. The molecule has 0 heterocycles. The van der Waals surface area contributed by atoms with Crippen LogP contribution < -0.4 is 16.4 Å². The summed E-state index contributed by atoms with van der Waals surface area (Å²) in [6.45, 7) is 2.59. The standard InChI is InChI=1S/C20H28ClN3O2.ClH/c1-2-8-23-20(26)16-7-6-15(21)11-17(16)24-19(25)14-9-12-4-3-5-13(10-14)18(12)22;/h6-7,11-14,18H,2-5,8-10,22H2,1H3,(H,23,26)(H,24,25);1H. The highest BCUT2D eigenvalue weighted by molar-refractivity contribution is 6.31. The molecule has 0 aromatic heterocycles. The molecule has 2 aliphatic rings. The van der Waals surface area contributed by atoms with Crippen LogP contribution in [0.25, 0.3) is 0 Å². The fourth-order valence-corrected chi connectivity index (χ4v) is 4.56. The lowest BCUT2D eigenvalue weighted by atomic mass is 9.65. The third-order valence-corrected chi connectivity index (χ3v) is 6.04. The molecule has 27 heavy (non-hydrogen) atoms. The zero-order valence-electron chi connectivity index (χ0n) is 15.7. The van der Waals surface area contributed by atoms with Crippen molar-refractivity contribution in [3.8, 4) is 0 Å². The molecule has 2 aliphatic carbocycles. The van der Waals surface area contributed by atoms with Crippen LogP contribution in [-0.4, -0.2) is 24.4 Å². The number of benzene rings is 1. The van der Waals surface area contributed by atoms with Gasteiger partial charge in [0.15, 0.2) is 0 Å². The second-order valence-corrected chi connectivity index (χ2v) is 8.07. The normalized spacial score (nSPS) is 26.6. The van der Waals surface area contributed by atoms with Gasteiger partial charge in [0.1, 0.15) is 0 Å². The average Bonchev–Trinajstić information content (AvgIpc) is 2.59. The van der Waals surface area contributed by atoms with E-state index in [1.165, 1.54) is 6.42 Å². The Morgan fingerprint density at radius 3 is 2.52 bits per heavy atom. The predicted molar refractivity (Wildman–Crippen MR) is 111 cm³/mol. The number of anilines is 1. The number of fused-ring (bicyclic) bond motifs is 2. The molecule has 1 aromatic carbocycles. The van der Waals surface area contributed by atoms with Crippen molar-refractivity contribution in [2.45, 2.75) is 51.5 Å². The average molecular weight is 414 g/mol. The van der Waals surface area contributed by atoms with Gasteiger partial charge in [0.25, 0.3) is 5.91 Å². The first-order valence-corrected chi connectivity index (χ1v) is 10.0. The van der Waals surface area contributed by atoms with E-state index >= 15 is 0 Å². The highest BCUT2D eigenvalue weighted by Crippen LogP contribution is 2.42. The van der Waals surface area contributed by atoms with Crippen molar-refractivity contribution in [3.63, 3.8) is 0 Å². The summed E-state index contributed by atoms with van der Waals surface area (Å²) in [5, 5.41) is 6.30. The quantitative estimate of drug-likeness (QED) is 0.681. The molecule has 2 bridgehead atoms. The van der Waals surface area contributed by atoms with Crippen molar-refractivity contribution >= 4 is 41.5 Å². The molecule has 0 radical (unpaired) electrons. The fraction of sp³-hybridized carbons (Fsp3) is 0.600. The van der Waals surface area contributed by atoms with E-state index in [0.29, 0.717) is 34.7 Å². The second kappa shape index (κ2) is 9.76. The minimum Gasteiger partial charge on any atom is -0.352 e. The Balaban J connectivity index is 0.00000261. The SMILES string of the molecule is CCCNC(=O)c1ccc(Cl)cc1NC(=O)C1CC2CCCC(C1)C2N.Cl. The molecule has 7 heteroatoms. The topological polar surface area (TPSA) is 84.2 Å². The van der Waals surface area contributed by atoms with Crippen LogP contribution in [0.3, 0.4) is 0 Å². The highest BCUT2D eigenvalue weighted by Gasteiger charge is 2.40. The van der Waals surface area contributed by atoms with Crippen molar-refractivity contribution in [1.29, 1.82) is 0 Å². The van der Waals surface area contributed by atoms with Gasteiger partial charge in [-0.05, 0) is 62.1 Å². The van der Waals surface area contributed by atoms with Crippen LogP contribution in [0.5, 0.6) is 0 Å². The summed E-state index contributed by atoms with van der Waals surface area (Å²) in [5.41, 5.74) is 7.26. The fourth-order valence-electron chi connectivity index (χ4n) is 4.39. The predicted octanol–water partition coefficient (Wildman–Crippen LogP) is 3.99. The molecule has 0 saturated heterocycles. The van der Waals surface area contributed by atoms with Crippen molar-refractivity contribution in [2.75, 3.05) is 11.9 Å². The van der Waals surface area contributed by atoms with Gasteiger partial charge < -0.3 is 16.4 Å². The van der Waals surface area contributed by atoms with E-state index in [0.717, 1.165) is 32.1 Å². The van der Waals surface area contributed by atoms with E-state index in [1.807, 2.05) is 6.92 Å². The van der Waals surface area contributed by atoms with E-state index in [2.05, 4.69) is 10.6 Å². The molecule has 0 spiro atoms. The summed E-state index contributed by atoms with van der Waals surface area (Å²) in [4.78, 5) is 25.3. The number of amides is 2. The lowest BCUT2D eigenvalue weighted by molar-refractivity contribution is -0.122. The number of hydrogen-bond donors (Lipinski definition) is 3. The van der Waals surface area contributed by atoms with Gasteiger partial charge in [0.05, 0.1) is 11.3 Å². The molecule has 1 aromatic rings. The van der Waals surface area contributed by atoms with Crippen LogP contribution in [0.15, 0.2) is 18.2 Å². The van der Waals surface area contributed by atoms with E-state index in [1.54, 1.807) is 18.2 Å². The molecular formula is C20H29Cl2N3O2. The Bertz CT molecular complexity index is 669. The monoisotopic (exact) mass is 413 g/mol. The first kappa shape index (κ1) is 22.0. The minimum atomic E-state index is -0.193. The van der Waals surface area contributed by atoms with E-state index in [-0.39, 0.29) is 36.2 Å². The maximum absolute atomic E-state index is 12.9. The Morgan fingerprint density at radius 2 is 1.89 bits per heavy atom. The van der Waals surface area contributed by atoms with Crippen LogP contribution in [-0.2, 0) is 4.79 Å². The summed E-state index contributed by atoms with van der Waals surface area (Å²) in [5.74, 6) is 0.604. The van der Waals surface area contributed by atoms with Crippen molar-refractivity contribution in [1.82, 2.24) is 5.32 Å². The number of rotatable bonds is 5. The zero-order chi connectivity index (χ0) is 18.7. The summed E-state index contributed by atoms with van der Waals surface area (Å²) >= 11 is 6.09. The molecule has 2 saturated carbocycles. The smallest absolute Gasteiger partial charge is 0.253 e. The van der Waals surface area contributed by atoms with Crippen LogP contribution >= 0.6 is 24.0 Å². The molecule has 2 fully saturated rings. The Labute approximate surface area is 172 Å². The highest BCUT2D eigenvalue weighted by atomic mass is 35.5. The summed E-state index contributed by atoms with van der Waals surface area (Å²) in [6, 6.07) is 5.21. The van der Waals surface area contributed by atoms with Crippen molar-refractivity contribution < 1.29 is 9.59 Å². The molecule has 0 aliphatic heterocycles. The number of halogens is 2. The third kappa shape index (κ3) is 5.15. The summed E-state index contributed by atoms with van der Waals surface area (Å²) in [7, 11) is 0. The number of carbonyl (C=O) groups is 2. The molecule has 3 rings (SSSR count). The Morgan fingerprint density at radius 1 is 1.22 bits per heavy atom. The van der Waals surface area contributed by atoms with Crippen LogP contribution in [0.4, 0.5) is 5.69 Å². The lowest BCUT2D eigenvalue weighted by Crippen LogP contribution is -2.48. The maximum atomic E-state index is 12.9. The first-order chi connectivity index (χ1) is 12.5. The van der Waals surface area contributed by atoms with Gasteiger partial charge in [-0.15, -0.1) is 12.4 Å². The lowest BCUT2D eigenvalue weighted by Gasteiger charge is -2.43. The zero-order valence-corrected chi connectivity index (χ0v) is 17.2. The molecule has 5 nitrogen and oxygen atoms in total. The minimum absolute atomic E-state index is 0. The van der Waals surface area contributed by atoms with Gasteiger partial charge in [-0.2, -0.15) is 0 Å². The van der Waals surface area contributed by atoms with E-state index < -0.39 is 0 Å². The van der Waals surface area contributed by atoms with E-state index in [9.17, 15) is 9.59 Å². The third-order valence-electron chi connectivity index (χ3n) is 5.80. The molecular weight excluding hydrogens is 385 g/mol. The van der Waals surface area contributed by atoms with Gasteiger partial charge in [-0.25, -0.2) is 0 Å². The van der Waals surface area contributed by atoms with Crippen LogP contribution in [0.2, 0.25) is 5.02 Å². The summed E-state index contributed by atoms with van der Waals surface area (Å²) < 4.78 is 0. The molecule has 150 valence electrons. The van der Waals surface area contributed by atoms with Crippen molar-refractivity contribution in [2.24, 2.45) is 23.5 Å². The molecule has 2 atom stereocenters. The van der Waals surface area contributed by atoms with E-state index in [4.69, 9.17) is 17.3 Å². The Kier molecular flexibility index (Phi) is 7.95. The second-order valence-electron chi connectivity index (χ2n) is 7.63. The van der Waals surface area contributed by atoms with Crippen LogP contribution in [0.1, 0.15) is 55.8 Å². The largest absolute Gasteiger partial charge is 0.352 e.